The predicted octanol–water partition coefficient (Wildman–Crippen LogP) is 3.83. The Labute approximate surface area is 126 Å². The van der Waals surface area contributed by atoms with Crippen molar-refractivity contribution in [3.63, 3.8) is 0 Å². The Bertz CT molecular complexity index is 642. The number of rotatable bonds is 2. The molecule has 2 heterocycles. The summed E-state index contributed by atoms with van der Waals surface area (Å²) in [6.45, 7) is 1.67. The molecule has 2 aromatic rings. The summed E-state index contributed by atoms with van der Waals surface area (Å²) >= 11 is 3.45. The van der Waals surface area contributed by atoms with Crippen LogP contribution >= 0.6 is 15.9 Å². The van der Waals surface area contributed by atoms with Gasteiger partial charge < -0.3 is 4.90 Å². The Morgan fingerprint density at radius 3 is 2.95 bits per heavy atom. The second kappa shape index (κ2) is 5.75. The number of pyridine rings is 1. The van der Waals surface area contributed by atoms with Gasteiger partial charge in [0.05, 0.1) is 0 Å². The van der Waals surface area contributed by atoms with Crippen molar-refractivity contribution in [2.75, 3.05) is 11.4 Å². The maximum Gasteiger partial charge on any atom is 0.165 e. The summed E-state index contributed by atoms with van der Waals surface area (Å²) in [5, 5.41) is 0. The molecule has 0 bridgehead atoms. The number of Topliss-reactive ketones (excluding diaryl/α,β-unsaturated/α-hetero) is 1. The summed E-state index contributed by atoms with van der Waals surface area (Å²) in [4.78, 5) is 18.6. The van der Waals surface area contributed by atoms with E-state index in [9.17, 15) is 4.79 Å². The average molecular weight is 331 g/mol. The SMILES string of the molecule is O=C1CCCN(Cc2cncc(Br)c2)c2ccccc21. The lowest BCUT2D eigenvalue weighted by atomic mass is 10.1. The predicted molar refractivity (Wildman–Crippen MR) is 83.0 cm³/mol. The van der Waals surface area contributed by atoms with Crippen LogP contribution in [0.5, 0.6) is 0 Å². The van der Waals surface area contributed by atoms with Crippen molar-refractivity contribution in [2.24, 2.45) is 0 Å². The van der Waals surface area contributed by atoms with E-state index in [2.05, 4.69) is 31.9 Å². The van der Waals surface area contributed by atoms with E-state index in [1.54, 1.807) is 6.20 Å². The van der Waals surface area contributed by atoms with Gasteiger partial charge in [-0.3, -0.25) is 9.78 Å². The molecule has 3 rings (SSSR count). The number of halogens is 1. The quantitative estimate of drug-likeness (QED) is 0.839. The molecule has 0 N–H and O–H groups in total. The van der Waals surface area contributed by atoms with Gasteiger partial charge in [-0.2, -0.15) is 0 Å². The molecule has 3 nitrogen and oxygen atoms in total. The number of para-hydroxylation sites is 1. The third-order valence-corrected chi connectivity index (χ3v) is 3.95. The molecule has 0 saturated heterocycles. The maximum absolute atomic E-state index is 12.1. The van der Waals surface area contributed by atoms with Gasteiger partial charge in [0.2, 0.25) is 0 Å². The second-order valence-corrected chi connectivity index (χ2v) is 5.89. The molecule has 0 amide bonds. The monoisotopic (exact) mass is 330 g/mol. The van der Waals surface area contributed by atoms with Crippen LogP contribution in [0.25, 0.3) is 0 Å². The van der Waals surface area contributed by atoms with E-state index in [0.29, 0.717) is 6.42 Å². The van der Waals surface area contributed by atoms with Gasteiger partial charge in [-0.1, -0.05) is 12.1 Å². The Balaban J connectivity index is 1.93. The fourth-order valence-electron chi connectivity index (χ4n) is 2.60. The highest BCUT2D eigenvalue weighted by atomic mass is 79.9. The summed E-state index contributed by atoms with van der Waals surface area (Å²) in [5.41, 5.74) is 3.02. The lowest BCUT2D eigenvalue weighted by Gasteiger charge is -2.24. The maximum atomic E-state index is 12.1. The van der Waals surface area contributed by atoms with Crippen LogP contribution in [0, 0.1) is 0 Å². The van der Waals surface area contributed by atoms with Crippen molar-refractivity contribution in [3.05, 3.63) is 58.3 Å². The van der Waals surface area contributed by atoms with Gasteiger partial charge in [0, 0.05) is 47.6 Å². The van der Waals surface area contributed by atoms with Crippen LogP contribution in [0.3, 0.4) is 0 Å². The van der Waals surface area contributed by atoms with E-state index in [-0.39, 0.29) is 5.78 Å². The number of nitrogens with zero attached hydrogens (tertiary/aromatic N) is 2. The topological polar surface area (TPSA) is 33.2 Å². The lowest BCUT2D eigenvalue weighted by molar-refractivity contribution is 0.0984. The standard InChI is InChI=1S/C16H15BrN2O/c17-13-8-12(9-18-10-13)11-19-7-3-6-16(20)14-4-1-2-5-15(14)19/h1-2,4-5,8-10H,3,6-7,11H2. The summed E-state index contributed by atoms with van der Waals surface area (Å²) in [6.07, 6.45) is 5.18. The van der Waals surface area contributed by atoms with Gasteiger partial charge in [0.25, 0.3) is 0 Å². The fraction of sp³-hybridized carbons (Fsp3) is 0.250. The van der Waals surface area contributed by atoms with E-state index in [4.69, 9.17) is 0 Å². The summed E-state index contributed by atoms with van der Waals surface area (Å²) in [6, 6.07) is 9.95. The first-order valence-electron chi connectivity index (χ1n) is 6.70. The molecule has 0 radical (unpaired) electrons. The number of ketones is 1. The molecule has 0 saturated carbocycles. The number of fused-ring (bicyclic) bond motifs is 1. The Kier molecular flexibility index (Phi) is 3.83. The van der Waals surface area contributed by atoms with Crippen LogP contribution in [-0.2, 0) is 6.54 Å². The minimum Gasteiger partial charge on any atom is -0.367 e. The zero-order chi connectivity index (χ0) is 13.9. The molecule has 1 aromatic heterocycles. The Morgan fingerprint density at radius 1 is 1.25 bits per heavy atom. The fourth-order valence-corrected chi connectivity index (χ4v) is 3.01. The van der Waals surface area contributed by atoms with Crippen molar-refractivity contribution in [3.8, 4) is 0 Å². The molecule has 0 spiro atoms. The first kappa shape index (κ1) is 13.3. The van der Waals surface area contributed by atoms with Crippen molar-refractivity contribution in [2.45, 2.75) is 19.4 Å². The van der Waals surface area contributed by atoms with Gasteiger partial charge >= 0.3 is 0 Å². The molecule has 0 fully saturated rings. The van der Waals surface area contributed by atoms with Gasteiger partial charge in [-0.05, 0) is 46.1 Å². The van der Waals surface area contributed by atoms with Crippen molar-refractivity contribution in [1.29, 1.82) is 0 Å². The molecule has 20 heavy (non-hydrogen) atoms. The van der Waals surface area contributed by atoms with Crippen molar-refractivity contribution >= 4 is 27.4 Å². The third-order valence-electron chi connectivity index (χ3n) is 3.51. The zero-order valence-electron chi connectivity index (χ0n) is 11.1. The van der Waals surface area contributed by atoms with E-state index in [1.165, 1.54) is 0 Å². The van der Waals surface area contributed by atoms with Crippen molar-refractivity contribution < 1.29 is 4.79 Å². The number of benzene rings is 1. The van der Waals surface area contributed by atoms with Gasteiger partial charge in [0.1, 0.15) is 0 Å². The first-order valence-corrected chi connectivity index (χ1v) is 7.50. The number of hydrogen-bond donors (Lipinski definition) is 0. The van der Waals surface area contributed by atoms with Crippen LogP contribution in [-0.4, -0.2) is 17.3 Å². The van der Waals surface area contributed by atoms with Gasteiger partial charge in [-0.25, -0.2) is 0 Å². The van der Waals surface area contributed by atoms with E-state index in [1.807, 2.05) is 30.5 Å². The molecular formula is C16H15BrN2O. The van der Waals surface area contributed by atoms with Crippen LogP contribution in [0.15, 0.2) is 47.2 Å². The van der Waals surface area contributed by atoms with Crippen molar-refractivity contribution in [1.82, 2.24) is 4.98 Å². The van der Waals surface area contributed by atoms with Gasteiger partial charge in [-0.15, -0.1) is 0 Å². The average Bonchev–Trinajstić information content (AvgIpc) is 2.60. The molecule has 1 aliphatic heterocycles. The smallest absolute Gasteiger partial charge is 0.165 e. The minimum absolute atomic E-state index is 0.246. The summed E-state index contributed by atoms with van der Waals surface area (Å²) in [5.74, 6) is 0.246. The number of hydrogen-bond acceptors (Lipinski definition) is 3. The van der Waals surface area contributed by atoms with Crippen LogP contribution < -0.4 is 4.90 Å². The molecule has 0 atom stereocenters. The number of anilines is 1. The third kappa shape index (κ3) is 2.75. The summed E-state index contributed by atoms with van der Waals surface area (Å²) in [7, 11) is 0. The highest BCUT2D eigenvalue weighted by Gasteiger charge is 2.20. The molecule has 4 heteroatoms. The van der Waals surface area contributed by atoms with E-state index in [0.717, 1.165) is 40.8 Å². The van der Waals surface area contributed by atoms with Gasteiger partial charge in [0.15, 0.2) is 5.78 Å². The Morgan fingerprint density at radius 2 is 2.10 bits per heavy atom. The van der Waals surface area contributed by atoms with Crippen LogP contribution in [0.4, 0.5) is 5.69 Å². The highest BCUT2D eigenvalue weighted by Crippen LogP contribution is 2.27. The largest absolute Gasteiger partial charge is 0.367 e. The van der Waals surface area contributed by atoms with Crippen LogP contribution in [0.1, 0.15) is 28.8 Å². The Hall–Kier alpha value is -1.68. The zero-order valence-corrected chi connectivity index (χ0v) is 12.6. The normalized spacial score (nSPS) is 14.8. The molecule has 0 unspecified atom stereocenters. The molecule has 102 valence electrons. The number of aromatic nitrogens is 1. The minimum atomic E-state index is 0.246. The molecular weight excluding hydrogens is 316 g/mol. The molecule has 0 aliphatic carbocycles. The number of carbonyl (C=O) groups excluding carboxylic acids is 1. The van der Waals surface area contributed by atoms with E-state index < -0.39 is 0 Å². The first-order chi connectivity index (χ1) is 9.74. The molecule has 1 aromatic carbocycles. The van der Waals surface area contributed by atoms with Crippen LogP contribution in [0.2, 0.25) is 0 Å². The number of carbonyl (C=O) groups is 1. The van der Waals surface area contributed by atoms with E-state index >= 15 is 0 Å². The lowest BCUT2D eigenvalue weighted by Crippen LogP contribution is -2.23. The highest BCUT2D eigenvalue weighted by molar-refractivity contribution is 9.10. The summed E-state index contributed by atoms with van der Waals surface area (Å²) < 4.78 is 0.981. The molecule has 1 aliphatic rings. The second-order valence-electron chi connectivity index (χ2n) is 4.98.